The van der Waals surface area contributed by atoms with Crippen molar-refractivity contribution in [2.45, 2.75) is 19.0 Å². The van der Waals surface area contributed by atoms with Gasteiger partial charge in [0.1, 0.15) is 6.04 Å². The highest BCUT2D eigenvalue weighted by molar-refractivity contribution is 6.56. The lowest BCUT2D eigenvalue weighted by molar-refractivity contribution is -0.143. The van der Waals surface area contributed by atoms with Crippen LogP contribution >= 0.6 is 0 Å². The van der Waals surface area contributed by atoms with E-state index in [1.54, 1.807) is 30.1 Å². The predicted octanol–water partition coefficient (Wildman–Crippen LogP) is 0.0485. The zero-order chi connectivity index (χ0) is 21.1. The molecule has 3 rings (SSSR count). The van der Waals surface area contributed by atoms with E-state index in [0.29, 0.717) is 44.0 Å². The summed E-state index contributed by atoms with van der Waals surface area (Å²) in [6, 6.07) is 4.48. The summed E-state index contributed by atoms with van der Waals surface area (Å²) in [7, 11) is 8.21. The molecule has 10 heteroatoms. The Kier molecular flexibility index (Phi) is 6.10. The molecular formula is C19H23BN4O5. The van der Waals surface area contributed by atoms with E-state index in [1.807, 2.05) is 0 Å². The van der Waals surface area contributed by atoms with E-state index in [-0.39, 0.29) is 18.2 Å². The molecule has 0 aromatic heterocycles. The number of fused-ring (bicyclic) bond motifs is 1. The number of piperazine rings is 1. The van der Waals surface area contributed by atoms with Gasteiger partial charge in [-0.05, 0) is 23.8 Å². The van der Waals surface area contributed by atoms with Crippen LogP contribution in [0.4, 0.5) is 10.5 Å². The molecule has 0 bridgehead atoms. The maximum absolute atomic E-state index is 12.9. The van der Waals surface area contributed by atoms with Crippen molar-refractivity contribution in [1.29, 1.82) is 0 Å². The standard InChI is InChI=1S/C19H23BN4O5/c1-22-11-13-9-12(17(26)23-5-7-24(8-6-23)19(20)28)3-4-14(13)21-15(18(22)27)10-16(25)29-2/h3-4,9,15,21H,5-8,10-11H2,1-2H3. The van der Waals surface area contributed by atoms with Crippen molar-refractivity contribution < 1.29 is 23.9 Å². The number of hydrogen-bond donors (Lipinski definition) is 1. The topological polar surface area (TPSA) is 99.3 Å². The highest BCUT2D eigenvalue weighted by atomic mass is 16.5. The molecule has 1 unspecified atom stereocenters. The first-order valence-electron chi connectivity index (χ1n) is 9.35. The van der Waals surface area contributed by atoms with Crippen LogP contribution in [0.15, 0.2) is 18.2 Å². The molecular weight excluding hydrogens is 375 g/mol. The molecule has 1 atom stereocenters. The lowest BCUT2D eigenvalue weighted by Gasteiger charge is -2.34. The Morgan fingerprint density at radius 2 is 1.83 bits per heavy atom. The number of hydrogen-bond acceptors (Lipinski definition) is 6. The average molecular weight is 398 g/mol. The van der Waals surface area contributed by atoms with Gasteiger partial charge in [-0.2, -0.15) is 0 Å². The van der Waals surface area contributed by atoms with E-state index < -0.39 is 17.8 Å². The van der Waals surface area contributed by atoms with Gasteiger partial charge in [0.05, 0.1) is 13.5 Å². The molecule has 0 saturated carbocycles. The SMILES string of the molecule is [B]C(=O)N1CCN(C(=O)c2ccc3c(c2)CN(C)C(=O)C(CC(=O)OC)N3)CC1. The van der Waals surface area contributed by atoms with Gasteiger partial charge < -0.3 is 24.8 Å². The van der Waals surface area contributed by atoms with Crippen molar-refractivity contribution in [2.24, 2.45) is 0 Å². The molecule has 1 aromatic rings. The van der Waals surface area contributed by atoms with Crippen molar-refractivity contribution >= 4 is 37.1 Å². The Morgan fingerprint density at radius 1 is 1.17 bits per heavy atom. The summed E-state index contributed by atoms with van der Waals surface area (Å²) in [6.45, 7) is 1.95. The van der Waals surface area contributed by atoms with Gasteiger partial charge in [-0.3, -0.25) is 19.2 Å². The van der Waals surface area contributed by atoms with Crippen LogP contribution < -0.4 is 5.32 Å². The minimum absolute atomic E-state index is 0.0794. The van der Waals surface area contributed by atoms with Crippen LogP contribution in [0.5, 0.6) is 0 Å². The predicted molar refractivity (Wildman–Crippen MR) is 106 cm³/mol. The van der Waals surface area contributed by atoms with Gasteiger partial charge in [-0.25, -0.2) is 0 Å². The Bertz CT molecular complexity index is 838. The zero-order valence-electron chi connectivity index (χ0n) is 16.5. The molecule has 1 aromatic carbocycles. The molecule has 152 valence electrons. The second-order valence-corrected chi connectivity index (χ2v) is 7.16. The van der Waals surface area contributed by atoms with Gasteiger partial charge >= 0.3 is 5.97 Å². The first kappa shape index (κ1) is 20.7. The van der Waals surface area contributed by atoms with Crippen molar-refractivity contribution in [1.82, 2.24) is 14.7 Å². The fourth-order valence-electron chi connectivity index (χ4n) is 3.55. The van der Waals surface area contributed by atoms with Gasteiger partial charge in [0.15, 0.2) is 5.81 Å². The Hall–Kier alpha value is -3.04. The third-order valence-corrected chi connectivity index (χ3v) is 5.24. The fraction of sp³-hybridized carbons (Fsp3) is 0.474. The van der Waals surface area contributed by atoms with Crippen molar-refractivity contribution in [2.75, 3.05) is 45.7 Å². The van der Waals surface area contributed by atoms with Crippen LogP contribution in [0.3, 0.4) is 0 Å². The summed E-state index contributed by atoms with van der Waals surface area (Å²) in [5.41, 5.74) is 1.99. The lowest BCUT2D eigenvalue weighted by Crippen LogP contribution is -2.50. The van der Waals surface area contributed by atoms with E-state index in [1.165, 1.54) is 16.9 Å². The summed E-state index contributed by atoms with van der Waals surface area (Å²) in [6.07, 6.45) is -0.0794. The summed E-state index contributed by atoms with van der Waals surface area (Å²) >= 11 is 0. The number of methoxy groups -OCH3 is 1. The van der Waals surface area contributed by atoms with Crippen molar-refractivity contribution in [3.05, 3.63) is 29.3 Å². The molecule has 2 aliphatic heterocycles. The number of rotatable bonds is 3. The lowest BCUT2D eigenvalue weighted by atomic mass is 10.1. The summed E-state index contributed by atoms with van der Waals surface area (Å²) in [5, 5.41) is 3.09. The largest absolute Gasteiger partial charge is 0.469 e. The van der Waals surface area contributed by atoms with Crippen molar-refractivity contribution in [3.63, 3.8) is 0 Å². The van der Waals surface area contributed by atoms with E-state index in [0.717, 1.165) is 5.56 Å². The number of likely N-dealkylation sites (N-methyl/N-ethyl adjacent to an activating group) is 1. The van der Waals surface area contributed by atoms with Crippen LogP contribution in [-0.2, 0) is 20.9 Å². The van der Waals surface area contributed by atoms with Crippen LogP contribution in [0.2, 0.25) is 0 Å². The van der Waals surface area contributed by atoms with Gasteiger partial charge in [0, 0.05) is 51.0 Å². The molecule has 9 nitrogen and oxygen atoms in total. The van der Waals surface area contributed by atoms with Crippen molar-refractivity contribution in [3.8, 4) is 0 Å². The van der Waals surface area contributed by atoms with Gasteiger partial charge in [-0.1, -0.05) is 0 Å². The second-order valence-electron chi connectivity index (χ2n) is 7.16. The molecule has 3 amide bonds. The molecule has 1 N–H and O–H groups in total. The molecule has 1 saturated heterocycles. The number of carbonyl (C=O) groups is 4. The highest BCUT2D eigenvalue weighted by Gasteiger charge is 2.30. The van der Waals surface area contributed by atoms with E-state index in [9.17, 15) is 19.2 Å². The third-order valence-electron chi connectivity index (χ3n) is 5.24. The van der Waals surface area contributed by atoms with E-state index >= 15 is 0 Å². The minimum Gasteiger partial charge on any atom is -0.469 e. The van der Waals surface area contributed by atoms with E-state index in [4.69, 9.17) is 7.85 Å². The van der Waals surface area contributed by atoms with Crippen LogP contribution in [0, 0.1) is 0 Å². The fourth-order valence-corrected chi connectivity index (χ4v) is 3.55. The molecule has 1 fully saturated rings. The number of esters is 1. The molecule has 0 aliphatic carbocycles. The Labute approximate surface area is 170 Å². The molecule has 2 heterocycles. The summed E-state index contributed by atoms with van der Waals surface area (Å²) < 4.78 is 4.67. The Morgan fingerprint density at radius 3 is 2.45 bits per heavy atom. The molecule has 29 heavy (non-hydrogen) atoms. The number of anilines is 1. The monoisotopic (exact) mass is 398 g/mol. The van der Waals surface area contributed by atoms with Crippen LogP contribution in [-0.4, -0.2) is 92.5 Å². The number of carbonyl (C=O) groups excluding carboxylic acids is 4. The normalized spacial score (nSPS) is 19.2. The van der Waals surface area contributed by atoms with Gasteiger partial charge in [-0.15, -0.1) is 0 Å². The molecule has 2 radical (unpaired) electrons. The summed E-state index contributed by atoms with van der Waals surface area (Å²) in [4.78, 5) is 53.0. The minimum atomic E-state index is -0.725. The maximum Gasteiger partial charge on any atom is 0.308 e. The first-order chi connectivity index (χ1) is 13.8. The molecule has 2 aliphatic rings. The van der Waals surface area contributed by atoms with Gasteiger partial charge in [0.2, 0.25) is 13.8 Å². The second kappa shape index (κ2) is 8.54. The maximum atomic E-state index is 12.9. The number of nitrogens with one attached hydrogen (secondary N) is 1. The molecule has 0 spiro atoms. The van der Waals surface area contributed by atoms with Crippen LogP contribution in [0.25, 0.3) is 0 Å². The van der Waals surface area contributed by atoms with Gasteiger partial charge in [0.25, 0.3) is 5.91 Å². The number of benzene rings is 1. The Balaban J connectivity index is 1.76. The highest BCUT2D eigenvalue weighted by Crippen LogP contribution is 2.25. The van der Waals surface area contributed by atoms with Crippen LogP contribution in [0.1, 0.15) is 22.3 Å². The quantitative estimate of drug-likeness (QED) is 0.571. The van der Waals surface area contributed by atoms with E-state index in [2.05, 4.69) is 10.1 Å². The smallest absolute Gasteiger partial charge is 0.308 e. The number of amides is 3. The zero-order valence-corrected chi connectivity index (χ0v) is 16.5. The average Bonchev–Trinajstić information content (AvgIpc) is 2.83. The third kappa shape index (κ3) is 4.52. The summed E-state index contributed by atoms with van der Waals surface area (Å²) in [5.74, 6) is -1.32. The number of ether oxygens (including phenoxy) is 1. The first-order valence-corrected chi connectivity index (χ1v) is 9.35. The number of nitrogens with zero attached hydrogens (tertiary/aromatic N) is 3.